The van der Waals surface area contributed by atoms with Gasteiger partial charge in [-0.05, 0) is 50.9 Å². The van der Waals surface area contributed by atoms with E-state index in [4.69, 9.17) is 0 Å². The smallest absolute Gasteiger partial charge is 0.0695 e. The van der Waals surface area contributed by atoms with Gasteiger partial charge < -0.3 is 5.11 Å². The highest BCUT2D eigenvalue weighted by Crippen LogP contribution is 2.39. The number of hydrogen-bond acceptors (Lipinski definition) is 2. The van der Waals surface area contributed by atoms with Gasteiger partial charge in [-0.1, -0.05) is 0 Å². The molecule has 2 bridgehead atoms. The van der Waals surface area contributed by atoms with Crippen LogP contribution in [-0.2, 0) is 0 Å². The van der Waals surface area contributed by atoms with Gasteiger partial charge in [0, 0.05) is 18.6 Å². The molecule has 2 saturated carbocycles. The summed E-state index contributed by atoms with van der Waals surface area (Å²) in [6.45, 7) is 1.28. The van der Waals surface area contributed by atoms with Crippen LogP contribution < -0.4 is 0 Å². The topological polar surface area (TPSA) is 23.5 Å². The molecule has 4 aliphatic rings. The van der Waals surface area contributed by atoms with E-state index in [1.165, 1.54) is 45.1 Å². The molecule has 2 atom stereocenters. The Hall–Kier alpha value is -0.0800. The third-order valence-electron chi connectivity index (χ3n) is 4.62. The number of nitrogens with zero attached hydrogens (tertiary/aromatic N) is 1. The highest BCUT2D eigenvalue weighted by atomic mass is 16.3. The van der Waals surface area contributed by atoms with Crippen molar-refractivity contribution in [2.45, 2.75) is 63.1 Å². The number of piperidine rings is 2. The van der Waals surface area contributed by atoms with Gasteiger partial charge >= 0.3 is 0 Å². The van der Waals surface area contributed by atoms with E-state index in [9.17, 15) is 5.11 Å². The number of aliphatic hydroxyl groups is 1. The van der Waals surface area contributed by atoms with Crippen LogP contribution in [0.2, 0.25) is 0 Å². The fraction of sp³-hybridized carbons (Fsp3) is 1.00. The first-order valence-corrected chi connectivity index (χ1v) is 6.28. The largest absolute Gasteiger partial charge is 0.391 e. The van der Waals surface area contributed by atoms with Crippen LogP contribution in [0.1, 0.15) is 44.9 Å². The molecule has 14 heavy (non-hydrogen) atoms. The lowest BCUT2D eigenvalue weighted by Gasteiger charge is -2.48. The molecule has 0 unspecified atom stereocenters. The summed E-state index contributed by atoms with van der Waals surface area (Å²) in [4.78, 5) is 2.65. The molecule has 80 valence electrons. The zero-order chi connectivity index (χ0) is 9.54. The summed E-state index contributed by atoms with van der Waals surface area (Å²) in [5.41, 5.74) is 0. The summed E-state index contributed by atoms with van der Waals surface area (Å²) >= 11 is 0. The molecule has 2 aliphatic carbocycles. The zero-order valence-electron chi connectivity index (χ0n) is 8.86. The number of aliphatic hydroxyl groups excluding tert-OH is 1. The second kappa shape index (κ2) is 3.49. The standard InChI is InChI=1S/C12H21NO/c14-12-3-1-2-11(12)13-8-9-4-6-10(13)7-5-9/h9-12,14H,1-8H2/t9?,10?,11-,12-/m0/s1. The summed E-state index contributed by atoms with van der Waals surface area (Å²) in [5, 5.41) is 9.93. The number of hydrogen-bond donors (Lipinski definition) is 1. The third kappa shape index (κ3) is 1.40. The van der Waals surface area contributed by atoms with Gasteiger partial charge in [0.15, 0.2) is 0 Å². The van der Waals surface area contributed by atoms with Crippen molar-refractivity contribution >= 4 is 0 Å². The second-order valence-electron chi connectivity index (χ2n) is 5.44. The van der Waals surface area contributed by atoms with E-state index in [2.05, 4.69) is 4.90 Å². The molecule has 2 saturated heterocycles. The maximum absolute atomic E-state index is 9.93. The molecule has 0 aromatic heterocycles. The van der Waals surface area contributed by atoms with E-state index in [1.54, 1.807) is 0 Å². The summed E-state index contributed by atoms with van der Waals surface area (Å²) in [6, 6.07) is 1.33. The van der Waals surface area contributed by atoms with Crippen molar-refractivity contribution in [3.63, 3.8) is 0 Å². The Kier molecular flexibility index (Phi) is 2.29. The minimum Gasteiger partial charge on any atom is -0.391 e. The predicted octanol–water partition coefficient (Wildman–Crippen LogP) is 1.77. The predicted molar refractivity (Wildman–Crippen MR) is 56.1 cm³/mol. The maximum atomic E-state index is 9.93. The average Bonchev–Trinajstić information content (AvgIpc) is 2.66. The monoisotopic (exact) mass is 195 g/mol. The van der Waals surface area contributed by atoms with Gasteiger partial charge in [-0.15, -0.1) is 0 Å². The molecular weight excluding hydrogens is 174 g/mol. The molecule has 4 fully saturated rings. The molecule has 2 heteroatoms. The van der Waals surface area contributed by atoms with E-state index >= 15 is 0 Å². The third-order valence-corrected chi connectivity index (χ3v) is 4.62. The van der Waals surface area contributed by atoms with E-state index < -0.39 is 0 Å². The van der Waals surface area contributed by atoms with Crippen molar-refractivity contribution in [3.05, 3.63) is 0 Å². The second-order valence-corrected chi connectivity index (χ2v) is 5.44. The van der Waals surface area contributed by atoms with Crippen LogP contribution in [0.3, 0.4) is 0 Å². The summed E-state index contributed by atoms with van der Waals surface area (Å²) < 4.78 is 0. The molecule has 0 aromatic rings. The van der Waals surface area contributed by atoms with Gasteiger partial charge in [0.05, 0.1) is 6.10 Å². The Morgan fingerprint density at radius 3 is 2.21 bits per heavy atom. The van der Waals surface area contributed by atoms with Crippen molar-refractivity contribution < 1.29 is 5.11 Å². The van der Waals surface area contributed by atoms with Gasteiger partial charge in [-0.25, -0.2) is 0 Å². The minimum absolute atomic E-state index is 0.0191. The van der Waals surface area contributed by atoms with Crippen LogP contribution >= 0.6 is 0 Å². The molecule has 0 radical (unpaired) electrons. The molecule has 2 nitrogen and oxygen atoms in total. The van der Waals surface area contributed by atoms with E-state index in [0.717, 1.165) is 18.4 Å². The summed E-state index contributed by atoms with van der Waals surface area (Å²) in [5.74, 6) is 0.952. The lowest BCUT2D eigenvalue weighted by Crippen LogP contribution is -2.54. The van der Waals surface area contributed by atoms with Crippen molar-refractivity contribution in [1.29, 1.82) is 0 Å². The van der Waals surface area contributed by atoms with E-state index in [-0.39, 0.29) is 6.10 Å². The van der Waals surface area contributed by atoms with Crippen molar-refractivity contribution in [2.75, 3.05) is 6.54 Å². The Bertz CT molecular complexity index is 210. The first-order valence-electron chi connectivity index (χ1n) is 6.28. The summed E-state index contributed by atoms with van der Waals surface area (Å²) in [7, 11) is 0. The zero-order valence-corrected chi connectivity index (χ0v) is 8.86. The average molecular weight is 195 g/mol. The van der Waals surface area contributed by atoms with E-state index in [1.807, 2.05) is 0 Å². The SMILES string of the molecule is O[C@H]1CCC[C@@H]1N1CC2CCC1CC2. The molecule has 0 amide bonds. The minimum atomic E-state index is -0.0191. The fourth-order valence-electron chi connectivity index (χ4n) is 3.82. The number of rotatable bonds is 1. The van der Waals surface area contributed by atoms with Gasteiger partial charge in [-0.3, -0.25) is 4.90 Å². The fourth-order valence-corrected chi connectivity index (χ4v) is 3.82. The van der Waals surface area contributed by atoms with Crippen LogP contribution in [0, 0.1) is 5.92 Å². The molecule has 2 aliphatic heterocycles. The van der Waals surface area contributed by atoms with Crippen LogP contribution in [-0.4, -0.2) is 34.7 Å². The quantitative estimate of drug-likeness (QED) is 0.689. The maximum Gasteiger partial charge on any atom is 0.0695 e. The van der Waals surface area contributed by atoms with Crippen molar-refractivity contribution in [3.8, 4) is 0 Å². The summed E-state index contributed by atoms with van der Waals surface area (Å²) in [6.07, 6.45) is 9.19. The molecule has 2 heterocycles. The van der Waals surface area contributed by atoms with Crippen LogP contribution in [0.25, 0.3) is 0 Å². The van der Waals surface area contributed by atoms with Gasteiger partial charge in [0.25, 0.3) is 0 Å². The molecule has 0 aromatic carbocycles. The Morgan fingerprint density at radius 1 is 0.929 bits per heavy atom. The van der Waals surface area contributed by atoms with Crippen molar-refractivity contribution in [1.82, 2.24) is 4.90 Å². The lowest BCUT2D eigenvalue weighted by molar-refractivity contribution is -0.0239. The molecule has 0 spiro atoms. The van der Waals surface area contributed by atoms with Crippen LogP contribution in [0.15, 0.2) is 0 Å². The van der Waals surface area contributed by atoms with Crippen molar-refractivity contribution in [2.24, 2.45) is 5.92 Å². The lowest BCUT2D eigenvalue weighted by atomic mass is 9.79. The first kappa shape index (κ1) is 9.17. The highest BCUT2D eigenvalue weighted by molar-refractivity contribution is 4.95. The van der Waals surface area contributed by atoms with Gasteiger partial charge in [0.1, 0.15) is 0 Å². The molecule has 1 N–H and O–H groups in total. The van der Waals surface area contributed by atoms with Gasteiger partial charge in [-0.2, -0.15) is 0 Å². The Balaban J connectivity index is 1.72. The van der Waals surface area contributed by atoms with Crippen LogP contribution in [0.4, 0.5) is 0 Å². The van der Waals surface area contributed by atoms with E-state index in [0.29, 0.717) is 6.04 Å². The first-order chi connectivity index (χ1) is 6.84. The van der Waals surface area contributed by atoms with Crippen LogP contribution in [0.5, 0.6) is 0 Å². The Labute approximate surface area is 86.3 Å². The van der Waals surface area contributed by atoms with Gasteiger partial charge in [0.2, 0.25) is 0 Å². The highest BCUT2D eigenvalue weighted by Gasteiger charge is 2.40. The normalized spacial score (nSPS) is 48.6. The Morgan fingerprint density at radius 2 is 1.71 bits per heavy atom. The molecular formula is C12H21NO. The molecule has 4 rings (SSSR count). The number of fused-ring (bicyclic) bond motifs is 3.